The number of nitrogens with zero attached hydrogens (tertiary/aromatic N) is 2. The zero-order chi connectivity index (χ0) is 24.5. The molecule has 3 N–H and O–H groups in total. The van der Waals surface area contributed by atoms with Crippen LogP contribution in [-0.2, 0) is 0 Å². The Labute approximate surface area is 200 Å². The van der Waals surface area contributed by atoms with E-state index < -0.39 is 11.8 Å². The van der Waals surface area contributed by atoms with Crippen molar-refractivity contribution in [2.45, 2.75) is 18.8 Å². The number of pyridine rings is 1. The maximum Gasteiger partial charge on any atom is 0.252 e. The van der Waals surface area contributed by atoms with Crippen LogP contribution in [-0.4, -0.2) is 41.9 Å². The number of piperidine rings is 1. The van der Waals surface area contributed by atoms with Crippen molar-refractivity contribution in [1.82, 2.24) is 9.88 Å². The number of fused-ring (bicyclic) bond motifs is 1. The van der Waals surface area contributed by atoms with Gasteiger partial charge < -0.3 is 25.4 Å². The summed E-state index contributed by atoms with van der Waals surface area (Å²) in [7, 11) is 1.45. The molecule has 3 aromatic rings. The maximum absolute atomic E-state index is 13.4. The lowest BCUT2D eigenvalue weighted by atomic mass is 10.1. The minimum absolute atomic E-state index is 0.208. The Bertz CT molecular complexity index is 1260. The van der Waals surface area contributed by atoms with E-state index in [1.807, 2.05) is 0 Å². The van der Waals surface area contributed by atoms with Crippen LogP contribution in [0.25, 0.3) is 10.9 Å². The molecular weight excluding hydrogens is 466 g/mol. The van der Waals surface area contributed by atoms with Crippen LogP contribution in [0, 0.1) is 0 Å². The molecule has 0 spiro atoms. The van der Waals surface area contributed by atoms with Gasteiger partial charge in [-0.3, -0.25) is 9.78 Å². The SMILES string of the molecule is C=C(Nc1ccc(Oc2ccnc3cc(OC)c(C(N)=O)cc23)cc1Cl)N1CCC(F)(F)CC1. The van der Waals surface area contributed by atoms with Gasteiger partial charge in [0.25, 0.3) is 11.8 Å². The number of hydrogen-bond acceptors (Lipinski definition) is 6. The normalized spacial score (nSPS) is 15.1. The first kappa shape index (κ1) is 23.6. The number of amides is 1. The molecule has 178 valence electrons. The molecule has 7 nitrogen and oxygen atoms in total. The van der Waals surface area contributed by atoms with Crippen molar-refractivity contribution < 1.29 is 23.0 Å². The average molecular weight is 489 g/mol. The van der Waals surface area contributed by atoms with Gasteiger partial charge in [-0.25, -0.2) is 8.78 Å². The molecule has 1 aliphatic heterocycles. The molecule has 4 rings (SSSR count). The van der Waals surface area contributed by atoms with Gasteiger partial charge >= 0.3 is 0 Å². The second-order valence-corrected chi connectivity index (χ2v) is 8.31. The highest BCUT2D eigenvalue weighted by atomic mass is 35.5. The Balaban J connectivity index is 1.53. The third-order valence-electron chi connectivity index (χ3n) is 5.61. The number of nitrogens with one attached hydrogen (secondary N) is 1. The van der Waals surface area contributed by atoms with Gasteiger partial charge in [0.05, 0.1) is 34.7 Å². The standard InChI is InChI=1S/C24H23ClF2N4O3/c1-14(31-9-6-24(26,27)7-10-31)30-19-4-3-15(11-18(19)25)34-21-5-8-29-20-13-22(33-2)17(23(28)32)12-16(20)21/h3-5,8,11-13,30H,1,6-7,9-10H2,2H3,(H2,28,32). The quantitative estimate of drug-likeness (QED) is 0.462. The van der Waals surface area contributed by atoms with Crippen LogP contribution in [0.4, 0.5) is 14.5 Å². The molecular formula is C24H23ClF2N4O3. The van der Waals surface area contributed by atoms with Gasteiger partial charge in [0.1, 0.15) is 17.2 Å². The molecule has 0 atom stereocenters. The molecule has 2 aromatic carbocycles. The van der Waals surface area contributed by atoms with Crippen molar-refractivity contribution in [2.24, 2.45) is 5.73 Å². The van der Waals surface area contributed by atoms with E-state index in [1.165, 1.54) is 7.11 Å². The molecule has 1 saturated heterocycles. The molecule has 34 heavy (non-hydrogen) atoms. The van der Waals surface area contributed by atoms with E-state index in [0.717, 1.165) is 0 Å². The molecule has 1 aromatic heterocycles. The first-order chi connectivity index (χ1) is 16.2. The second-order valence-electron chi connectivity index (χ2n) is 7.90. The molecule has 2 heterocycles. The number of ether oxygens (including phenoxy) is 2. The van der Waals surface area contributed by atoms with Gasteiger partial charge in [0.2, 0.25) is 0 Å². The summed E-state index contributed by atoms with van der Waals surface area (Å²) in [6, 6.07) is 9.88. The lowest BCUT2D eigenvalue weighted by molar-refractivity contribution is -0.0486. The van der Waals surface area contributed by atoms with Crippen LogP contribution < -0.4 is 20.5 Å². The smallest absolute Gasteiger partial charge is 0.252 e. The summed E-state index contributed by atoms with van der Waals surface area (Å²) < 4.78 is 38.1. The molecule has 1 amide bonds. The summed E-state index contributed by atoms with van der Waals surface area (Å²) >= 11 is 6.44. The first-order valence-corrected chi connectivity index (χ1v) is 10.9. The monoisotopic (exact) mass is 488 g/mol. The Morgan fingerprint density at radius 3 is 2.59 bits per heavy atom. The van der Waals surface area contributed by atoms with Gasteiger partial charge in [0, 0.05) is 49.6 Å². The summed E-state index contributed by atoms with van der Waals surface area (Å²) in [4.78, 5) is 17.9. The van der Waals surface area contributed by atoms with Crippen molar-refractivity contribution in [3.8, 4) is 17.2 Å². The summed E-state index contributed by atoms with van der Waals surface area (Å²) in [6.45, 7) is 4.37. The zero-order valence-corrected chi connectivity index (χ0v) is 19.2. The van der Waals surface area contributed by atoms with Crippen LogP contribution >= 0.6 is 11.6 Å². The predicted molar refractivity (Wildman–Crippen MR) is 127 cm³/mol. The van der Waals surface area contributed by atoms with Crippen LogP contribution in [0.5, 0.6) is 17.2 Å². The van der Waals surface area contributed by atoms with Crippen molar-refractivity contribution in [3.63, 3.8) is 0 Å². The topological polar surface area (TPSA) is 89.7 Å². The molecule has 0 unspecified atom stereocenters. The summed E-state index contributed by atoms with van der Waals surface area (Å²) in [5, 5.41) is 4.02. The van der Waals surface area contributed by atoms with Crippen LogP contribution in [0.3, 0.4) is 0 Å². The molecule has 0 aliphatic carbocycles. The van der Waals surface area contributed by atoms with Gasteiger partial charge in [-0.2, -0.15) is 0 Å². The molecule has 0 radical (unpaired) electrons. The second kappa shape index (κ2) is 9.34. The van der Waals surface area contributed by atoms with Gasteiger partial charge in [-0.15, -0.1) is 0 Å². The molecule has 1 fully saturated rings. The fourth-order valence-electron chi connectivity index (χ4n) is 3.72. The number of primary amides is 1. The van der Waals surface area contributed by atoms with E-state index in [2.05, 4.69) is 16.9 Å². The minimum atomic E-state index is -2.63. The number of rotatable bonds is 7. The van der Waals surface area contributed by atoms with Gasteiger partial charge in [-0.05, 0) is 24.3 Å². The van der Waals surface area contributed by atoms with E-state index in [4.69, 9.17) is 26.8 Å². The van der Waals surface area contributed by atoms with Crippen LogP contribution in [0.15, 0.2) is 55.0 Å². The maximum atomic E-state index is 13.4. The number of anilines is 1. The first-order valence-electron chi connectivity index (χ1n) is 10.5. The number of carbonyl (C=O) groups excluding carboxylic acids is 1. The summed E-state index contributed by atoms with van der Waals surface area (Å²) in [5.74, 6) is -1.55. The zero-order valence-electron chi connectivity index (χ0n) is 18.4. The Hall–Kier alpha value is -3.59. The van der Waals surface area contributed by atoms with E-state index in [0.29, 0.717) is 44.7 Å². The third-order valence-corrected chi connectivity index (χ3v) is 5.92. The highest BCUT2D eigenvalue weighted by molar-refractivity contribution is 6.33. The predicted octanol–water partition coefficient (Wildman–Crippen LogP) is 5.40. The number of alkyl halides is 2. The van der Waals surface area contributed by atoms with Crippen LogP contribution in [0.1, 0.15) is 23.2 Å². The number of hydrogen-bond donors (Lipinski definition) is 2. The lowest BCUT2D eigenvalue weighted by Gasteiger charge is -2.34. The number of nitrogens with two attached hydrogens (primary N) is 1. The molecule has 1 aliphatic rings. The Kier molecular flexibility index (Phi) is 6.47. The van der Waals surface area contributed by atoms with Crippen molar-refractivity contribution in [2.75, 3.05) is 25.5 Å². The minimum Gasteiger partial charge on any atom is -0.496 e. The van der Waals surface area contributed by atoms with Crippen molar-refractivity contribution >= 4 is 34.1 Å². The largest absolute Gasteiger partial charge is 0.496 e. The summed E-state index contributed by atoms with van der Waals surface area (Å²) in [5.41, 5.74) is 6.81. The Morgan fingerprint density at radius 1 is 1.21 bits per heavy atom. The third kappa shape index (κ3) is 4.99. The van der Waals surface area contributed by atoms with E-state index in [-0.39, 0.29) is 31.5 Å². The number of halogens is 3. The average Bonchev–Trinajstić information content (AvgIpc) is 2.80. The fraction of sp³-hybridized carbons (Fsp3) is 0.250. The van der Waals surface area contributed by atoms with Crippen molar-refractivity contribution in [3.05, 3.63) is 65.6 Å². The number of likely N-dealkylation sites (tertiary alicyclic amines) is 1. The molecule has 0 saturated carbocycles. The number of methoxy groups -OCH3 is 1. The Morgan fingerprint density at radius 2 is 1.94 bits per heavy atom. The lowest BCUT2D eigenvalue weighted by Crippen LogP contribution is -2.40. The van der Waals surface area contributed by atoms with E-state index in [1.54, 1.807) is 47.5 Å². The highest BCUT2D eigenvalue weighted by Gasteiger charge is 2.34. The van der Waals surface area contributed by atoms with Crippen LogP contribution in [0.2, 0.25) is 5.02 Å². The van der Waals surface area contributed by atoms with Gasteiger partial charge in [-0.1, -0.05) is 18.2 Å². The highest BCUT2D eigenvalue weighted by Crippen LogP contribution is 2.36. The van der Waals surface area contributed by atoms with E-state index in [9.17, 15) is 13.6 Å². The van der Waals surface area contributed by atoms with Crippen molar-refractivity contribution in [1.29, 1.82) is 0 Å². The summed E-state index contributed by atoms with van der Waals surface area (Å²) in [6.07, 6.45) is 1.15. The number of benzene rings is 2. The number of carbonyl (C=O) groups is 1. The van der Waals surface area contributed by atoms with Gasteiger partial charge in [0.15, 0.2) is 0 Å². The molecule has 0 bridgehead atoms. The number of aromatic nitrogens is 1. The molecule has 10 heteroatoms. The van der Waals surface area contributed by atoms with E-state index >= 15 is 0 Å². The fourth-order valence-corrected chi connectivity index (χ4v) is 3.94.